The van der Waals surface area contributed by atoms with Crippen LogP contribution in [-0.2, 0) is 17.8 Å². The first-order valence-electron chi connectivity index (χ1n) is 9.38. The molecule has 2 fully saturated rings. The van der Waals surface area contributed by atoms with Crippen LogP contribution in [-0.4, -0.2) is 44.7 Å². The van der Waals surface area contributed by atoms with Crippen LogP contribution in [0.25, 0.3) is 0 Å². The highest BCUT2D eigenvalue weighted by Crippen LogP contribution is 2.48. The Bertz CT molecular complexity index is 843. The molecule has 28 heavy (non-hydrogen) atoms. The van der Waals surface area contributed by atoms with Crippen molar-refractivity contribution in [2.45, 2.75) is 31.9 Å². The molecule has 146 valence electrons. The number of hydrogen-bond donors (Lipinski definition) is 2. The first kappa shape index (κ1) is 18.4. The van der Waals surface area contributed by atoms with Crippen LogP contribution >= 0.6 is 0 Å². The molecule has 2 aromatic rings. The van der Waals surface area contributed by atoms with Gasteiger partial charge in [-0.3, -0.25) is 10.0 Å². The van der Waals surface area contributed by atoms with Gasteiger partial charge in [0, 0.05) is 37.3 Å². The maximum absolute atomic E-state index is 12.2. The Morgan fingerprint density at radius 3 is 2.61 bits per heavy atom. The van der Waals surface area contributed by atoms with Gasteiger partial charge in [-0.1, -0.05) is 30.3 Å². The zero-order valence-electron chi connectivity index (χ0n) is 15.3. The minimum Gasteiger partial charge on any atom is -0.445 e. The SMILES string of the molecule is O=C(NO)c1cnc(CCC2C[C@@H]3C2CN3C(=O)OCc2ccccc2)nc1. The van der Waals surface area contributed by atoms with Gasteiger partial charge >= 0.3 is 6.09 Å². The van der Waals surface area contributed by atoms with Crippen LogP contribution in [0.2, 0.25) is 0 Å². The number of piperidine rings is 1. The molecule has 2 aliphatic rings. The highest BCUT2D eigenvalue weighted by molar-refractivity contribution is 5.92. The van der Waals surface area contributed by atoms with Crippen molar-refractivity contribution in [3.8, 4) is 0 Å². The van der Waals surface area contributed by atoms with Gasteiger partial charge in [-0.05, 0) is 24.3 Å². The molecular formula is C20H22N4O4. The number of hydrogen-bond acceptors (Lipinski definition) is 6. The smallest absolute Gasteiger partial charge is 0.410 e. The molecule has 1 saturated carbocycles. The lowest BCUT2D eigenvalue weighted by Gasteiger charge is -2.59. The summed E-state index contributed by atoms with van der Waals surface area (Å²) in [5.41, 5.74) is 2.77. The van der Waals surface area contributed by atoms with Gasteiger partial charge in [0.2, 0.25) is 0 Å². The zero-order valence-corrected chi connectivity index (χ0v) is 15.3. The molecule has 3 atom stereocenters. The first-order chi connectivity index (χ1) is 13.7. The normalized spacial score (nSPS) is 22.5. The molecule has 2 unspecified atom stereocenters. The topological polar surface area (TPSA) is 105 Å². The predicted molar refractivity (Wildman–Crippen MR) is 98.3 cm³/mol. The van der Waals surface area contributed by atoms with Gasteiger partial charge < -0.3 is 9.64 Å². The fourth-order valence-corrected chi connectivity index (χ4v) is 3.96. The van der Waals surface area contributed by atoms with Crippen LogP contribution in [0.15, 0.2) is 42.7 Å². The highest BCUT2D eigenvalue weighted by Gasteiger charge is 2.54. The fourth-order valence-electron chi connectivity index (χ4n) is 3.96. The van der Waals surface area contributed by atoms with Crippen molar-refractivity contribution < 1.29 is 19.5 Å². The average molecular weight is 382 g/mol. The highest BCUT2D eigenvalue weighted by atomic mass is 16.6. The maximum atomic E-state index is 12.2. The van der Waals surface area contributed by atoms with E-state index in [0.29, 0.717) is 30.3 Å². The Balaban J connectivity index is 1.19. The van der Waals surface area contributed by atoms with E-state index >= 15 is 0 Å². The summed E-state index contributed by atoms with van der Waals surface area (Å²) in [5, 5.41) is 8.59. The van der Waals surface area contributed by atoms with Crippen LogP contribution in [0, 0.1) is 11.8 Å². The minimum atomic E-state index is -0.623. The maximum Gasteiger partial charge on any atom is 0.410 e. The number of amides is 2. The quantitative estimate of drug-likeness (QED) is 0.586. The van der Waals surface area contributed by atoms with Gasteiger partial charge in [0.05, 0.1) is 5.56 Å². The summed E-state index contributed by atoms with van der Waals surface area (Å²) in [6.07, 6.45) is 5.25. The molecule has 0 spiro atoms. The molecular weight excluding hydrogens is 360 g/mol. The Kier molecular flexibility index (Phi) is 5.21. The Morgan fingerprint density at radius 2 is 1.96 bits per heavy atom. The van der Waals surface area contributed by atoms with Crippen molar-refractivity contribution in [2.24, 2.45) is 11.8 Å². The summed E-state index contributed by atoms with van der Waals surface area (Å²) in [6, 6.07) is 9.97. The van der Waals surface area contributed by atoms with Gasteiger partial charge in [-0.2, -0.15) is 0 Å². The Morgan fingerprint density at radius 1 is 1.21 bits per heavy atom. The summed E-state index contributed by atoms with van der Waals surface area (Å²) in [5.74, 6) is 1.15. The van der Waals surface area contributed by atoms with Gasteiger partial charge in [-0.15, -0.1) is 0 Å². The monoisotopic (exact) mass is 382 g/mol. The second-order valence-corrected chi connectivity index (χ2v) is 7.29. The van der Waals surface area contributed by atoms with Crippen LogP contribution in [0.4, 0.5) is 4.79 Å². The van der Waals surface area contributed by atoms with Crippen molar-refractivity contribution in [1.82, 2.24) is 20.3 Å². The first-order valence-corrected chi connectivity index (χ1v) is 9.38. The summed E-state index contributed by atoms with van der Waals surface area (Å²) in [4.78, 5) is 33.6. The largest absolute Gasteiger partial charge is 0.445 e. The van der Waals surface area contributed by atoms with E-state index in [2.05, 4.69) is 9.97 Å². The molecule has 8 heteroatoms. The van der Waals surface area contributed by atoms with E-state index in [0.717, 1.165) is 31.4 Å². The summed E-state index contributed by atoms with van der Waals surface area (Å²) < 4.78 is 5.41. The summed E-state index contributed by atoms with van der Waals surface area (Å²) in [7, 11) is 0. The molecule has 2 N–H and O–H groups in total. The van der Waals surface area contributed by atoms with E-state index in [1.165, 1.54) is 12.4 Å². The molecule has 0 radical (unpaired) electrons. The zero-order chi connectivity index (χ0) is 19.5. The second kappa shape index (κ2) is 7.93. The minimum absolute atomic E-state index is 0.221. The third kappa shape index (κ3) is 3.68. The molecule has 1 aliphatic carbocycles. The standard InChI is InChI=1S/C20H22N4O4/c25-19(23-27)15-9-21-18(22-10-15)7-6-14-8-17-16(14)11-24(17)20(26)28-12-13-4-2-1-3-5-13/h1-5,9-10,14,16-17,27H,6-8,11-12H2,(H,23,25)/t14?,16?,17-/m1/s1. The fraction of sp³-hybridized carbons (Fsp3) is 0.400. The van der Waals surface area contributed by atoms with E-state index in [9.17, 15) is 9.59 Å². The summed E-state index contributed by atoms with van der Waals surface area (Å²) >= 11 is 0. The lowest BCUT2D eigenvalue weighted by Crippen LogP contribution is -2.68. The van der Waals surface area contributed by atoms with Crippen LogP contribution in [0.3, 0.4) is 0 Å². The third-order valence-electron chi connectivity index (χ3n) is 5.70. The van der Waals surface area contributed by atoms with E-state index < -0.39 is 5.91 Å². The number of ether oxygens (including phenoxy) is 1. The van der Waals surface area contributed by atoms with E-state index in [4.69, 9.17) is 9.94 Å². The van der Waals surface area contributed by atoms with Crippen LogP contribution in [0.5, 0.6) is 0 Å². The third-order valence-corrected chi connectivity index (χ3v) is 5.70. The summed E-state index contributed by atoms with van der Waals surface area (Å²) in [6.45, 7) is 1.05. The number of nitrogens with zero attached hydrogens (tertiary/aromatic N) is 3. The molecule has 1 aromatic carbocycles. The number of benzene rings is 1. The van der Waals surface area contributed by atoms with Gasteiger partial charge in [0.1, 0.15) is 12.4 Å². The molecule has 0 bridgehead atoms. The number of aryl methyl sites for hydroxylation is 1. The predicted octanol–water partition coefficient (Wildman–Crippen LogP) is 2.19. The molecule has 8 nitrogen and oxygen atoms in total. The van der Waals surface area contributed by atoms with Crippen molar-refractivity contribution >= 4 is 12.0 Å². The second-order valence-electron chi connectivity index (χ2n) is 7.29. The van der Waals surface area contributed by atoms with Gasteiger partial charge in [-0.25, -0.2) is 20.2 Å². The number of aromatic nitrogens is 2. The number of fused-ring (bicyclic) bond motifs is 1. The van der Waals surface area contributed by atoms with Crippen molar-refractivity contribution in [1.29, 1.82) is 0 Å². The van der Waals surface area contributed by atoms with Gasteiger partial charge in [0.25, 0.3) is 5.91 Å². The lowest BCUT2D eigenvalue weighted by molar-refractivity contribution is -0.0981. The number of carbonyl (C=O) groups excluding carboxylic acids is 2. The van der Waals surface area contributed by atoms with E-state index in [-0.39, 0.29) is 11.7 Å². The number of likely N-dealkylation sites (tertiary alicyclic amines) is 1. The number of carbonyl (C=O) groups is 2. The Hall–Kier alpha value is -3.00. The van der Waals surface area contributed by atoms with Crippen molar-refractivity contribution in [2.75, 3.05) is 6.54 Å². The molecule has 1 saturated heterocycles. The molecule has 1 aliphatic heterocycles. The molecule has 1 aromatic heterocycles. The lowest BCUT2D eigenvalue weighted by atomic mass is 9.61. The molecule has 4 rings (SSSR count). The van der Waals surface area contributed by atoms with E-state index in [1.54, 1.807) is 5.48 Å². The number of nitrogens with one attached hydrogen (secondary N) is 1. The van der Waals surface area contributed by atoms with E-state index in [1.807, 2.05) is 35.2 Å². The molecule has 2 amide bonds. The van der Waals surface area contributed by atoms with Crippen molar-refractivity contribution in [3.05, 3.63) is 59.7 Å². The van der Waals surface area contributed by atoms with Crippen LogP contribution < -0.4 is 5.48 Å². The average Bonchev–Trinajstić information content (AvgIpc) is 2.73. The Labute approximate surface area is 162 Å². The van der Waals surface area contributed by atoms with Crippen LogP contribution in [0.1, 0.15) is 34.6 Å². The number of hydroxylamine groups is 1. The molecule has 2 heterocycles. The van der Waals surface area contributed by atoms with Crippen molar-refractivity contribution in [3.63, 3.8) is 0 Å². The number of rotatable bonds is 6. The van der Waals surface area contributed by atoms with Gasteiger partial charge in [0.15, 0.2) is 0 Å².